The largest absolute Gasteiger partial charge is 0.398 e. The average molecular weight is 210 g/mol. The number of nitrogens with zero attached hydrogens (tertiary/aromatic N) is 2. The molecule has 14 heavy (non-hydrogen) atoms. The monoisotopic (exact) mass is 209 g/mol. The van der Waals surface area contributed by atoms with Crippen molar-refractivity contribution in [2.45, 2.75) is 6.92 Å². The number of hydrogen-bond donors (Lipinski definition) is 1. The fraction of sp³-hybridized carbons (Fsp3) is 0.111. The second kappa shape index (κ2) is 3.31. The molecule has 0 aliphatic heterocycles. The van der Waals surface area contributed by atoms with Crippen molar-refractivity contribution in [3.05, 3.63) is 29.0 Å². The lowest BCUT2D eigenvalue weighted by atomic mass is 10.2. The predicted molar refractivity (Wildman–Crippen MR) is 53.9 cm³/mol. The summed E-state index contributed by atoms with van der Waals surface area (Å²) in [4.78, 5) is 4.07. The Balaban J connectivity index is 2.47. The van der Waals surface area contributed by atoms with Gasteiger partial charge in [-0.2, -0.15) is 4.98 Å². The molecule has 2 N–H and O–H groups in total. The van der Waals surface area contributed by atoms with Crippen molar-refractivity contribution < 1.29 is 4.52 Å². The van der Waals surface area contributed by atoms with Crippen molar-refractivity contribution in [3.63, 3.8) is 0 Å². The highest BCUT2D eigenvalue weighted by Gasteiger charge is 2.07. The molecule has 1 aromatic heterocycles. The zero-order valence-corrected chi connectivity index (χ0v) is 8.25. The number of aromatic nitrogens is 2. The van der Waals surface area contributed by atoms with E-state index in [0.717, 1.165) is 5.56 Å². The summed E-state index contributed by atoms with van der Waals surface area (Å²) in [5.74, 6) is 1.04. The molecule has 2 aromatic rings. The van der Waals surface area contributed by atoms with Gasteiger partial charge >= 0.3 is 0 Å². The van der Waals surface area contributed by atoms with Crippen molar-refractivity contribution in [1.82, 2.24) is 10.1 Å². The average Bonchev–Trinajstić information content (AvgIpc) is 2.57. The molecule has 0 bridgehead atoms. The Morgan fingerprint density at radius 1 is 1.43 bits per heavy atom. The van der Waals surface area contributed by atoms with Gasteiger partial charge < -0.3 is 10.3 Å². The third-order valence-corrected chi connectivity index (χ3v) is 2.10. The molecule has 0 aliphatic carbocycles. The van der Waals surface area contributed by atoms with Crippen LogP contribution in [-0.2, 0) is 0 Å². The minimum absolute atomic E-state index is 0.449. The van der Waals surface area contributed by atoms with Gasteiger partial charge in [0.15, 0.2) is 5.82 Å². The Kier molecular flexibility index (Phi) is 2.13. The summed E-state index contributed by atoms with van der Waals surface area (Å²) in [6.07, 6.45) is 0. The SMILES string of the molecule is Cc1noc(-c2ccc(N)c(Cl)c2)n1. The number of rotatable bonds is 1. The van der Waals surface area contributed by atoms with E-state index >= 15 is 0 Å². The smallest absolute Gasteiger partial charge is 0.257 e. The number of anilines is 1. The number of nitrogen functional groups attached to an aromatic ring is 1. The first kappa shape index (κ1) is 9.02. The van der Waals surface area contributed by atoms with E-state index < -0.39 is 0 Å². The van der Waals surface area contributed by atoms with Crippen LogP contribution in [0.4, 0.5) is 5.69 Å². The third-order valence-electron chi connectivity index (χ3n) is 1.77. The normalized spacial score (nSPS) is 10.4. The van der Waals surface area contributed by atoms with E-state index in [9.17, 15) is 0 Å². The maximum Gasteiger partial charge on any atom is 0.257 e. The predicted octanol–water partition coefficient (Wildman–Crippen LogP) is 2.28. The van der Waals surface area contributed by atoms with Gasteiger partial charge in [-0.25, -0.2) is 0 Å². The molecule has 0 radical (unpaired) electrons. The summed E-state index contributed by atoms with van der Waals surface area (Å²) in [6, 6.07) is 5.19. The fourth-order valence-corrected chi connectivity index (χ4v) is 1.26. The molecular formula is C9H8ClN3O. The lowest BCUT2D eigenvalue weighted by Crippen LogP contribution is -1.86. The molecule has 0 saturated carbocycles. The lowest BCUT2D eigenvalue weighted by Gasteiger charge is -1.98. The Hall–Kier alpha value is -1.55. The number of hydrogen-bond acceptors (Lipinski definition) is 4. The Labute approximate surface area is 85.7 Å². The molecular weight excluding hydrogens is 202 g/mol. The van der Waals surface area contributed by atoms with Gasteiger partial charge in [-0.1, -0.05) is 16.8 Å². The number of benzene rings is 1. The van der Waals surface area contributed by atoms with Crippen LogP contribution in [0.25, 0.3) is 11.5 Å². The molecule has 5 heteroatoms. The molecule has 0 amide bonds. The minimum atomic E-state index is 0.449. The molecule has 0 aliphatic rings. The quantitative estimate of drug-likeness (QED) is 0.732. The molecule has 0 atom stereocenters. The topological polar surface area (TPSA) is 64.9 Å². The minimum Gasteiger partial charge on any atom is -0.398 e. The fourth-order valence-electron chi connectivity index (χ4n) is 1.07. The van der Waals surface area contributed by atoms with Crippen LogP contribution in [0.5, 0.6) is 0 Å². The van der Waals surface area contributed by atoms with Crippen LogP contribution in [0.3, 0.4) is 0 Å². The molecule has 0 spiro atoms. The zero-order valence-electron chi connectivity index (χ0n) is 7.49. The number of halogens is 1. The third kappa shape index (κ3) is 1.56. The highest BCUT2D eigenvalue weighted by atomic mass is 35.5. The Morgan fingerprint density at radius 3 is 2.79 bits per heavy atom. The van der Waals surface area contributed by atoms with Crippen LogP contribution < -0.4 is 5.73 Å². The summed E-state index contributed by atoms with van der Waals surface area (Å²) in [6.45, 7) is 1.76. The van der Waals surface area contributed by atoms with Gasteiger partial charge in [-0.3, -0.25) is 0 Å². The van der Waals surface area contributed by atoms with Gasteiger partial charge in [0.1, 0.15) is 0 Å². The zero-order chi connectivity index (χ0) is 10.1. The van der Waals surface area contributed by atoms with Crippen LogP contribution in [0, 0.1) is 6.92 Å². The van der Waals surface area contributed by atoms with E-state index in [1.807, 2.05) is 0 Å². The van der Waals surface area contributed by atoms with Crippen LogP contribution in [0.1, 0.15) is 5.82 Å². The van der Waals surface area contributed by atoms with Crippen LogP contribution in [-0.4, -0.2) is 10.1 Å². The summed E-state index contributed by atoms with van der Waals surface area (Å²) < 4.78 is 4.98. The first-order valence-corrected chi connectivity index (χ1v) is 4.40. The highest BCUT2D eigenvalue weighted by molar-refractivity contribution is 6.33. The molecule has 0 saturated heterocycles. The van der Waals surface area contributed by atoms with Crippen molar-refractivity contribution in [2.24, 2.45) is 0 Å². The molecule has 4 nitrogen and oxygen atoms in total. The van der Waals surface area contributed by atoms with Crippen molar-refractivity contribution in [3.8, 4) is 11.5 Å². The van der Waals surface area contributed by atoms with E-state index in [1.54, 1.807) is 25.1 Å². The van der Waals surface area contributed by atoms with Crippen LogP contribution in [0.15, 0.2) is 22.7 Å². The van der Waals surface area contributed by atoms with Gasteiger partial charge in [-0.15, -0.1) is 0 Å². The maximum absolute atomic E-state index is 5.86. The van der Waals surface area contributed by atoms with E-state index in [2.05, 4.69) is 10.1 Å². The van der Waals surface area contributed by atoms with Gasteiger partial charge in [0.25, 0.3) is 5.89 Å². The number of aryl methyl sites for hydroxylation is 1. The van der Waals surface area contributed by atoms with Crippen molar-refractivity contribution in [2.75, 3.05) is 5.73 Å². The van der Waals surface area contributed by atoms with E-state index in [0.29, 0.717) is 22.4 Å². The van der Waals surface area contributed by atoms with Crippen LogP contribution >= 0.6 is 11.6 Å². The summed E-state index contributed by atoms with van der Waals surface area (Å²) in [7, 11) is 0. The van der Waals surface area contributed by atoms with Crippen LogP contribution in [0.2, 0.25) is 5.02 Å². The van der Waals surface area contributed by atoms with E-state index in [-0.39, 0.29) is 0 Å². The van der Waals surface area contributed by atoms with Gasteiger partial charge in [0.2, 0.25) is 0 Å². The van der Waals surface area contributed by atoms with Gasteiger partial charge in [-0.05, 0) is 25.1 Å². The van der Waals surface area contributed by atoms with Gasteiger partial charge in [0.05, 0.1) is 10.7 Å². The van der Waals surface area contributed by atoms with Crippen molar-refractivity contribution >= 4 is 17.3 Å². The van der Waals surface area contributed by atoms with E-state index in [1.165, 1.54) is 0 Å². The summed E-state index contributed by atoms with van der Waals surface area (Å²) >= 11 is 5.86. The Bertz CT molecular complexity index is 467. The maximum atomic E-state index is 5.86. The Morgan fingerprint density at radius 2 is 2.21 bits per heavy atom. The van der Waals surface area contributed by atoms with Crippen molar-refractivity contribution in [1.29, 1.82) is 0 Å². The standard InChI is InChI=1S/C9H8ClN3O/c1-5-12-9(14-13-5)6-2-3-8(11)7(10)4-6/h2-4H,11H2,1H3. The molecule has 1 aromatic carbocycles. The lowest BCUT2D eigenvalue weighted by molar-refractivity contribution is 0.425. The molecule has 0 unspecified atom stereocenters. The first-order valence-electron chi connectivity index (χ1n) is 4.02. The molecule has 0 fully saturated rings. The second-order valence-corrected chi connectivity index (χ2v) is 3.29. The molecule has 2 rings (SSSR count). The molecule has 72 valence electrons. The molecule has 1 heterocycles. The van der Waals surface area contributed by atoms with E-state index in [4.69, 9.17) is 21.9 Å². The summed E-state index contributed by atoms with van der Waals surface area (Å²) in [5, 5.41) is 4.17. The number of nitrogens with two attached hydrogens (primary N) is 1. The second-order valence-electron chi connectivity index (χ2n) is 2.88. The van der Waals surface area contributed by atoms with Gasteiger partial charge in [0, 0.05) is 5.56 Å². The first-order chi connectivity index (χ1) is 6.66. The highest BCUT2D eigenvalue weighted by Crippen LogP contribution is 2.25. The summed E-state index contributed by atoms with van der Waals surface area (Å²) in [5.41, 5.74) is 6.88.